The second-order valence-electron chi connectivity index (χ2n) is 8.70. The molecule has 0 unspecified atom stereocenters. The van der Waals surface area contributed by atoms with Crippen LogP contribution in [0, 0.1) is 0 Å². The number of carbonyl (C=O) groups is 1. The highest BCUT2D eigenvalue weighted by Gasteiger charge is 2.21. The molecule has 1 aliphatic heterocycles. The van der Waals surface area contributed by atoms with Gasteiger partial charge in [0.15, 0.2) is 5.82 Å². The van der Waals surface area contributed by atoms with Gasteiger partial charge in [0.05, 0.1) is 25.3 Å². The molecule has 4 aromatic rings. The summed E-state index contributed by atoms with van der Waals surface area (Å²) in [4.78, 5) is 19.9. The maximum atomic E-state index is 12.7. The van der Waals surface area contributed by atoms with E-state index in [4.69, 9.17) is 14.5 Å². The van der Waals surface area contributed by atoms with Crippen molar-refractivity contribution in [3.8, 4) is 11.5 Å². The molecule has 5 rings (SSSR count). The zero-order valence-corrected chi connectivity index (χ0v) is 20.2. The molecule has 9 nitrogen and oxygen atoms in total. The molecule has 1 saturated heterocycles. The fourth-order valence-corrected chi connectivity index (χ4v) is 4.61. The fraction of sp³-hybridized carbons (Fsp3) is 0.385. The first-order valence-corrected chi connectivity index (χ1v) is 12.0. The van der Waals surface area contributed by atoms with Crippen molar-refractivity contribution in [1.29, 1.82) is 0 Å². The van der Waals surface area contributed by atoms with Gasteiger partial charge in [0.1, 0.15) is 17.3 Å². The first-order chi connectivity index (χ1) is 17.2. The number of nitrogens with zero attached hydrogens (tertiary/aromatic N) is 5. The van der Waals surface area contributed by atoms with Crippen molar-refractivity contribution in [3.05, 3.63) is 53.9 Å². The molecule has 1 fully saturated rings. The minimum atomic E-state index is -0.0609. The van der Waals surface area contributed by atoms with E-state index in [1.165, 1.54) is 6.42 Å². The maximum Gasteiger partial charge on any atom is 0.220 e. The number of amides is 1. The SMILES string of the molecule is COc1ccc(CNC(=O)CCc2nnc3c(N4CCCCC4)nc4ccccc4n23)c(OC)c1. The van der Waals surface area contributed by atoms with Gasteiger partial charge in [-0.1, -0.05) is 12.1 Å². The number of para-hydroxylation sites is 2. The summed E-state index contributed by atoms with van der Waals surface area (Å²) in [6.45, 7) is 2.32. The standard InChI is InChI=1S/C26H30N6O3/c1-34-19-11-10-18(22(16-19)35-2)17-27-24(33)13-12-23-29-30-26-25(31-14-6-3-7-15-31)28-20-8-4-5-9-21(20)32(23)26/h4-5,8-11,16H,3,6-7,12-15,17H2,1-2H3,(H,27,33). The molecule has 1 N–H and O–H groups in total. The third-order valence-corrected chi connectivity index (χ3v) is 6.48. The van der Waals surface area contributed by atoms with E-state index in [0.29, 0.717) is 30.9 Å². The van der Waals surface area contributed by atoms with Gasteiger partial charge in [0.25, 0.3) is 0 Å². The van der Waals surface area contributed by atoms with Crippen LogP contribution in [-0.4, -0.2) is 52.8 Å². The number of nitrogens with one attached hydrogen (secondary N) is 1. The van der Waals surface area contributed by atoms with Gasteiger partial charge in [-0.15, -0.1) is 10.2 Å². The van der Waals surface area contributed by atoms with Crippen LogP contribution in [0.2, 0.25) is 0 Å². The molecule has 0 aliphatic carbocycles. The van der Waals surface area contributed by atoms with Gasteiger partial charge in [0.2, 0.25) is 11.6 Å². The van der Waals surface area contributed by atoms with E-state index in [1.807, 2.05) is 42.5 Å². The van der Waals surface area contributed by atoms with Gasteiger partial charge in [-0.05, 0) is 43.5 Å². The van der Waals surface area contributed by atoms with E-state index in [9.17, 15) is 4.79 Å². The summed E-state index contributed by atoms with van der Waals surface area (Å²) in [6.07, 6.45) is 4.33. The second kappa shape index (κ2) is 10.2. The van der Waals surface area contributed by atoms with Crippen molar-refractivity contribution in [2.45, 2.75) is 38.6 Å². The number of aryl methyl sites for hydroxylation is 1. The molecule has 1 aliphatic rings. The lowest BCUT2D eigenvalue weighted by Gasteiger charge is -2.28. The van der Waals surface area contributed by atoms with E-state index in [2.05, 4.69) is 24.8 Å². The maximum absolute atomic E-state index is 12.7. The van der Waals surface area contributed by atoms with Gasteiger partial charge in [-0.25, -0.2) is 4.98 Å². The average Bonchev–Trinajstić information content (AvgIpc) is 3.35. The number of piperidine rings is 1. The normalized spacial score (nSPS) is 13.8. The summed E-state index contributed by atoms with van der Waals surface area (Å²) < 4.78 is 12.7. The van der Waals surface area contributed by atoms with Crippen molar-refractivity contribution >= 4 is 28.4 Å². The van der Waals surface area contributed by atoms with Crippen molar-refractivity contribution < 1.29 is 14.3 Å². The average molecular weight is 475 g/mol. The van der Waals surface area contributed by atoms with Crippen LogP contribution in [0.5, 0.6) is 11.5 Å². The summed E-state index contributed by atoms with van der Waals surface area (Å²) in [5, 5.41) is 12.0. The Morgan fingerprint density at radius 3 is 2.66 bits per heavy atom. The monoisotopic (exact) mass is 474 g/mol. The number of hydrogen-bond acceptors (Lipinski definition) is 7. The smallest absolute Gasteiger partial charge is 0.220 e. The molecular weight excluding hydrogens is 444 g/mol. The van der Waals surface area contributed by atoms with Crippen LogP contribution in [0.4, 0.5) is 5.82 Å². The minimum Gasteiger partial charge on any atom is -0.497 e. The highest BCUT2D eigenvalue weighted by Crippen LogP contribution is 2.27. The lowest BCUT2D eigenvalue weighted by molar-refractivity contribution is -0.121. The molecule has 0 bridgehead atoms. The number of ether oxygens (including phenoxy) is 2. The number of fused-ring (bicyclic) bond motifs is 3. The third kappa shape index (κ3) is 4.71. The lowest BCUT2D eigenvalue weighted by atomic mass is 10.1. The summed E-state index contributed by atoms with van der Waals surface area (Å²) in [7, 11) is 3.22. The Hall–Kier alpha value is -3.88. The van der Waals surface area contributed by atoms with E-state index >= 15 is 0 Å². The Bertz CT molecular complexity index is 1350. The van der Waals surface area contributed by atoms with E-state index in [1.54, 1.807) is 14.2 Å². The number of hydrogen-bond donors (Lipinski definition) is 1. The Labute approximate surface area is 204 Å². The molecule has 2 aromatic carbocycles. The van der Waals surface area contributed by atoms with Crippen molar-refractivity contribution in [1.82, 2.24) is 24.9 Å². The van der Waals surface area contributed by atoms with Crippen LogP contribution in [0.25, 0.3) is 16.7 Å². The van der Waals surface area contributed by atoms with Crippen LogP contribution in [-0.2, 0) is 17.8 Å². The lowest BCUT2D eigenvalue weighted by Crippen LogP contribution is -2.30. The number of carbonyl (C=O) groups excluding carboxylic acids is 1. The molecule has 2 aromatic heterocycles. The highest BCUT2D eigenvalue weighted by atomic mass is 16.5. The predicted octanol–water partition coefficient (Wildman–Crippen LogP) is 3.53. The van der Waals surface area contributed by atoms with Crippen molar-refractivity contribution in [2.24, 2.45) is 0 Å². The molecular formula is C26H30N6O3. The summed E-state index contributed by atoms with van der Waals surface area (Å²) in [6, 6.07) is 13.6. The highest BCUT2D eigenvalue weighted by molar-refractivity contribution is 5.83. The quantitative estimate of drug-likeness (QED) is 0.417. The summed E-state index contributed by atoms with van der Waals surface area (Å²) >= 11 is 0. The van der Waals surface area contributed by atoms with Gasteiger partial charge in [-0.2, -0.15) is 0 Å². The van der Waals surface area contributed by atoms with Gasteiger partial charge >= 0.3 is 0 Å². The predicted molar refractivity (Wildman–Crippen MR) is 134 cm³/mol. The number of rotatable bonds is 8. The molecule has 0 saturated carbocycles. The zero-order chi connectivity index (χ0) is 24.2. The number of benzene rings is 2. The third-order valence-electron chi connectivity index (χ3n) is 6.48. The second-order valence-corrected chi connectivity index (χ2v) is 8.70. The topological polar surface area (TPSA) is 93.9 Å². The van der Waals surface area contributed by atoms with Gasteiger partial charge in [0, 0.05) is 44.1 Å². The van der Waals surface area contributed by atoms with Crippen molar-refractivity contribution in [2.75, 3.05) is 32.2 Å². The zero-order valence-electron chi connectivity index (χ0n) is 20.2. The minimum absolute atomic E-state index is 0.0609. The Morgan fingerprint density at radius 1 is 1.03 bits per heavy atom. The fourth-order valence-electron chi connectivity index (χ4n) is 4.61. The Kier molecular flexibility index (Phi) is 6.65. The van der Waals surface area contributed by atoms with Crippen LogP contribution in [0.1, 0.15) is 37.1 Å². The Balaban J connectivity index is 1.34. The molecule has 0 spiro atoms. The van der Waals surface area contributed by atoms with E-state index in [0.717, 1.165) is 59.8 Å². The number of methoxy groups -OCH3 is 2. The molecule has 0 radical (unpaired) electrons. The number of anilines is 1. The molecule has 0 atom stereocenters. The molecule has 1 amide bonds. The first kappa shape index (κ1) is 22.9. The van der Waals surface area contributed by atoms with Crippen LogP contribution in [0.3, 0.4) is 0 Å². The van der Waals surface area contributed by atoms with Gasteiger partial charge in [-0.3, -0.25) is 9.20 Å². The van der Waals surface area contributed by atoms with Gasteiger partial charge < -0.3 is 19.7 Å². The summed E-state index contributed by atoms with van der Waals surface area (Å²) in [5.41, 5.74) is 3.49. The van der Waals surface area contributed by atoms with E-state index < -0.39 is 0 Å². The van der Waals surface area contributed by atoms with Crippen LogP contribution >= 0.6 is 0 Å². The summed E-state index contributed by atoms with van der Waals surface area (Å²) in [5.74, 6) is 2.96. The molecule has 35 heavy (non-hydrogen) atoms. The molecule has 9 heteroatoms. The molecule has 182 valence electrons. The largest absolute Gasteiger partial charge is 0.497 e. The first-order valence-electron chi connectivity index (χ1n) is 12.0. The Morgan fingerprint density at radius 2 is 1.86 bits per heavy atom. The van der Waals surface area contributed by atoms with Crippen molar-refractivity contribution in [3.63, 3.8) is 0 Å². The van der Waals surface area contributed by atoms with Crippen LogP contribution < -0.4 is 19.7 Å². The van der Waals surface area contributed by atoms with Crippen LogP contribution in [0.15, 0.2) is 42.5 Å². The number of aromatic nitrogens is 4. The van der Waals surface area contributed by atoms with E-state index in [-0.39, 0.29) is 5.91 Å². The molecule has 3 heterocycles.